The SMILES string of the molecule is CC(NC(=O)OC(C)(C)C)c1cccc(-c2cc(COc3ccccc3CC(=O)OC(C)(C)C)cc(OCCN3CCOCC3)c2)c1F. The minimum atomic E-state index is -0.679. The van der Waals surface area contributed by atoms with E-state index in [2.05, 4.69) is 10.2 Å². The Labute approximate surface area is 283 Å². The summed E-state index contributed by atoms with van der Waals surface area (Å²) in [5.74, 6) is 0.327. The number of morpholine rings is 1. The second kappa shape index (κ2) is 16.3. The van der Waals surface area contributed by atoms with Gasteiger partial charge in [0.15, 0.2) is 0 Å². The number of amides is 1. The van der Waals surface area contributed by atoms with Crippen LogP contribution < -0.4 is 14.8 Å². The molecular weight excluding hydrogens is 615 g/mol. The van der Waals surface area contributed by atoms with Crippen molar-refractivity contribution in [2.75, 3.05) is 39.5 Å². The van der Waals surface area contributed by atoms with Gasteiger partial charge in [-0.3, -0.25) is 9.69 Å². The molecule has 0 saturated carbocycles. The molecule has 4 rings (SSSR count). The van der Waals surface area contributed by atoms with Crippen LogP contribution in [0.15, 0.2) is 60.7 Å². The number of hydrogen-bond acceptors (Lipinski definition) is 8. The molecule has 3 aromatic rings. The number of carbonyl (C=O) groups excluding carboxylic acids is 2. The molecule has 1 N–H and O–H groups in total. The molecule has 1 atom stereocenters. The Morgan fingerprint density at radius 1 is 0.917 bits per heavy atom. The molecule has 1 heterocycles. The van der Waals surface area contributed by atoms with Crippen molar-refractivity contribution < 1.29 is 37.7 Å². The van der Waals surface area contributed by atoms with Crippen molar-refractivity contribution in [3.8, 4) is 22.6 Å². The van der Waals surface area contributed by atoms with E-state index in [4.69, 9.17) is 23.7 Å². The van der Waals surface area contributed by atoms with Gasteiger partial charge < -0.3 is 29.0 Å². The normalized spacial score (nSPS) is 14.6. The highest BCUT2D eigenvalue weighted by Crippen LogP contribution is 2.32. The van der Waals surface area contributed by atoms with E-state index in [0.717, 1.165) is 25.2 Å². The second-order valence-corrected chi connectivity index (χ2v) is 13.9. The largest absolute Gasteiger partial charge is 0.492 e. The molecule has 10 heteroatoms. The zero-order valence-corrected chi connectivity index (χ0v) is 29.2. The number of rotatable bonds is 12. The number of nitrogens with zero attached hydrogens (tertiary/aromatic N) is 1. The van der Waals surface area contributed by atoms with Crippen LogP contribution in [0.1, 0.15) is 71.2 Å². The van der Waals surface area contributed by atoms with Gasteiger partial charge in [0, 0.05) is 36.3 Å². The van der Waals surface area contributed by atoms with E-state index in [1.165, 1.54) is 0 Å². The van der Waals surface area contributed by atoms with Gasteiger partial charge in [-0.15, -0.1) is 0 Å². The summed E-state index contributed by atoms with van der Waals surface area (Å²) in [6, 6.07) is 17.4. The van der Waals surface area contributed by atoms with Crippen LogP contribution >= 0.6 is 0 Å². The van der Waals surface area contributed by atoms with Crippen molar-refractivity contribution in [2.24, 2.45) is 0 Å². The first-order chi connectivity index (χ1) is 22.7. The summed E-state index contributed by atoms with van der Waals surface area (Å²) in [5.41, 5.74) is 1.47. The molecule has 3 aromatic carbocycles. The van der Waals surface area contributed by atoms with Crippen molar-refractivity contribution in [2.45, 2.75) is 78.7 Å². The quantitative estimate of drug-likeness (QED) is 0.202. The summed E-state index contributed by atoms with van der Waals surface area (Å²) in [7, 11) is 0. The molecule has 1 saturated heterocycles. The monoisotopic (exact) mass is 664 g/mol. The lowest BCUT2D eigenvalue weighted by molar-refractivity contribution is -0.153. The van der Waals surface area contributed by atoms with Gasteiger partial charge in [-0.1, -0.05) is 36.4 Å². The minimum Gasteiger partial charge on any atom is -0.492 e. The van der Waals surface area contributed by atoms with E-state index in [-0.39, 0.29) is 19.0 Å². The van der Waals surface area contributed by atoms with Crippen molar-refractivity contribution in [1.82, 2.24) is 10.2 Å². The maximum atomic E-state index is 16.2. The lowest BCUT2D eigenvalue weighted by Crippen LogP contribution is -2.38. The molecule has 1 unspecified atom stereocenters. The van der Waals surface area contributed by atoms with E-state index >= 15 is 4.39 Å². The Morgan fingerprint density at radius 3 is 2.33 bits per heavy atom. The van der Waals surface area contributed by atoms with Gasteiger partial charge in [-0.25, -0.2) is 9.18 Å². The number of carbonyl (C=O) groups is 2. The molecule has 1 amide bonds. The number of esters is 1. The third kappa shape index (κ3) is 11.5. The van der Waals surface area contributed by atoms with Gasteiger partial charge in [-0.05, 0) is 83.9 Å². The fraction of sp³-hybridized carbons (Fsp3) is 0.474. The van der Waals surface area contributed by atoms with Crippen molar-refractivity contribution in [1.29, 1.82) is 0 Å². The van der Waals surface area contributed by atoms with Gasteiger partial charge in [0.05, 0.1) is 25.7 Å². The first kappa shape index (κ1) is 36.7. The van der Waals surface area contributed by atoms with Crippen molar-refractivity contribution >= 4 is 12.1 Å². The first-order valence-corrected chi connectivity index (χ1v) is 16.4. The molecule has 1 fully saturated rings. The predicted molar refractivity (Wildman–Crippen MR) is 183 cm³/mol. The average molecular weight is 665 g/mol. The third-order valence-electron chi connectivity index (χ3n) is 7.41. The van der Waals surface area contributed by atoms with Gasteiger partial charge in [0.2, 0.25) is 0 Å². The maximum absolute atomic E-state index is 16.2. The summed E-state index contributed by atoms with van der Waals surface area (Å²) in [4.78, 5) is 27.3. The molecule has 9 nitrogen and oxygen atoms in total. The smallest absolute Gasteiger partial charge is 0.408 e. The third-order valence-corrected chi connectivity index (χ3v) is 7.41. The highest BCUT2D eigenvalue weighted by molar-refractivity contribution is 5.74. The molecule has 0 aliphatic carbocycles. The highest BCUT2D eigenvalue weighted by atomic mass is 19.1. The standard InChI is InChI=1S/C38H49FN2O7/c1-26(40-36(43)48-38(5,6)7)31-12-10-13-32(35(31)39)29-21-27(22-30(23-29)45-20-17-41-15-18-44-19-16-41)25-46-33-14-9-8-11-28(33)24-34(42)47-37(2,3)4/h8-14,21-23,26H,15-20,24-25H2,1-7H3,(H,40,43). The summed E-state index contributed by atoms with van der Waals surface area (Å²) in [6.07, 6.45) is -0.557. The maximum Gasteiger partial charge on any atom is 0.408 e. The molecule has 0 spiro atoms. The number of para-hydroxylation sites is 1. The zero-order chi connectivity index (χ0) is 34.9. The Hall–Kier alpha value is -4.15. The van der Waals surface area contributed by atoms with Crippen LogP contribution in [0.4, 0.5) is 9.18 Å². The van der Waals surface area contributed by atoms with E-state index in [1.54, 1.807) is 45.9 Å². The van der Waals surface area contributed by atoms with E-state index < -0.39 is 29.2 Å². The van der Waals surface area contributed by atoms with E-state index in [9.17, 15) is 9.59 Å². The number of nitrogens with one attached hydrogen (secondary N) is 1. The molecule has 0 radical (unpaired) electrons. The molecular formula is C38H49FN2O7. The fourth-order valence-corrected chi connectivity index (χ4v) is 5.25. The molecule has 1 aliphatic rings. The van der Waals surface area contributed by atoms with E-state index in [0.29, 0.717) is 53.6 Å². The van der Waals surface area contributed by atoms with Crippen LogP contribution in [-0.4, -0.2) is 67.6 Å². The number of ether oxygens (including phenoxy) is 5. The van der Waals surface area contributed by atoms with Crippen molar-refractivity contribution in [3.05, 3.63) is 83.2 Å². The van der Waals surface area contributed by atoms with Crippen molar-refractivity contribution in [3.63, 3.8) is 0 Å². The van der Waals surface area contributed by atoms with E-state index in [1.807, 2.05) is 63.2 Å². The Morgan fingerprint density at radius 2 is 1.62 bits per heavy atom. The van der Waals surface area contributed by atoms with Crippen LogP contribution in [-0.2, 0) is 32.0 Å². The first-order valence-electron chi connectivity index (χ1n) is 16.4. The predicted octanol–water partition coefficient (Wildman–Crippen LogP) is 7.25. The van der Waals surface area contributed by atoms with Gasteiger partial charge >= 0.3 is 12.1 Å². The average Bonchev–Trinajstić information content (AvgIpc) is 2.99. The van der Waals surface area contributed by atoms with Gasteiger partial charge in [0.1, 0.15) is 41.7 Å². The van der Waals surface area contributed by atoms with Crippen LogP contribution in [0.25, 0.3) is 11.1 Å². The zero-order valence-electron chi connectivity index (χ0n) is 29.2. The topological polar surface area (TPSA) is 95.6 Å². The molecule has 0 bridgehead atoms. The number of halogens is 1. The number of benzene rings is 3. The minimum absolute atomic E-state index is 0.0664. The summed E-state index contributed by atoms with van der Waals surface area (Å²) < 4.78 is 45.0. The number of hydrogen-bond donors (Lipinski definition) is 1. The van der Waals surface area contributed by atoms with Crippen LogP contribution in [0, 0.1) is 5.82 Å². The molecule has 48 heavy (non-hydrogen) atoms. The van der Waals surface area contributed by atoms with Crippen LogP contribution in [0.5, 0.6) is 11.5 Å². The summed E-state index contributed by atoms with van der Waals surface area (Å²) in [5, 5.41) is 2.73. The fourth-order valence-electron chi connectivity index (χ4n) is 5.25. The second-order valence-electron chi connectivity index (χ2n) is 13.9. The summed E-state index contributed by atoms with van der Waals surface area (Å²) in [6.45, 7) is 16.9. The molecule has 260 valence electrons. The Kier molecular flexibility index (Phi) is 12.5. The van der Waals surface area contributed by atoms with Crippen LogP contribution in [0.3, 0.4) is 0 Å². The highest BCUT2D eigenvalue weighted by Gasteiger charge is 2.22. The summed E-state index contributed by atoms with van der Waals surface area (Å²) >= 11 is 0. The lowest BCUT2D eigenvalue weighted by Gasteiger charge is -2.26. The van der Waals surface area contributed by atoms with Gasteiger partial charge in [-0.2, -0.15) is 0 Å². The molecule has 1 aliphatic heterocycles. The number of alkyl carbamates (subject to hydrolysis) is 1. The Bertz CT molecular complexity index is 1540. The van der Waals surface area contributed by atoms with Gasteiger partial charge in [0.25, 0.3) is 0 Å². The Balaban J connectivity index is 1.58. The lowest BCUT2D eigenvalue weighted by atomic mass is 9.97. The molecule has 0 aromatic heterocycles. The van der Waals surface area contributed by atoms with Crippen LogP contribution in [0.2, 0.25) is 0 Å².